The summed E-state index contributed by atoms with van der Waals surface area (Å²) in [6.45, 7) is 5.69. The second-order valence-corrected chi connectivity index (χ2v) is 4.12. The molecule has 5 heteroatoms. The maximum Gasteiger partial charge on any atom is 0.269 e. The van der Waals surface area contributed by atoms with Crippen molar-refractivity contribution in [3.63, 3.8) is 0 Å². The number of hydrogen-bond donors (Lipinski definition) is 0. The molecule has 0 fully saturated rings. The molecule has 2 aromatic heterocycles. The fourth-order valence-electron chi connectivity index (χ4n) is 1.74. The molecule has 2 rings (SSSR count). The van der Waals surface area contributed by atoms with E-state index < -0.39 is 5.95 Å². The topological polar surface area (TPSA) is 47.8 Å². The van der Waals surface area contributed by atoms with Crippen LogP contribution in [0.3, 0.4) is 0 Å². The molecule has 0 aliphatic carbocycles. The summed E-state index contributed by atoms with van der Waals surface area (Å²) in [6.07, 6.45) is 0. The van der Waals surface area contributed by atoms with Gasteiger partial charge < -0.3 is 0 Å². The smallest absolute Gasteiger partial charge is 0.268 e. The van der Waals surface area contributed by atoms with E-state index in [1.54, 1.807) is 32.0 Å². The minimum atomic E-state index is -0.566. The highest BCUT2D eigenvalue weighted by molar-refractivity contribution is 5.58. The fraction of sp³-hybridized carbons (Fsp3) is 0.308. The van der Waals surface area contributed by atoms with Crippen LogP contribution in [0.2, 0.25) is 0 Å². The molecule has 0 atom stereocenters. The first kappa shape index (κ1) is 12.4. The predicted molar refractivity (Wildman–Crippen MR) is 66.8 cm³/mol. The first-order valence-electron chi connectivity index (χ1n) is 5.75. The van der Waals surface area contributed by atoms with E-state index in [9.17, 15) is 9.18 Å². The Balaban J connectivity index is 2.64. The average molecular weight is 247 g/mol. The maximum absolute atomic E-state index is 13.8. The van der Waals surface area contributed by atoms with Gasteiger partial charge in [0.05, 0.1) is 11.3 Å². The van der Waals surface area contributed by atoms with Crippen molar-refractivity contribution in [2.75, 3.05) is 0 Å². The minimum absolute atomic E-state index is 0.151. The zero-order chi connectivity index (χ0) is 13.3. The van der Waals surface area contributed by atoms with Crippen molar-refractivity contribution in [1.29, 1.82) is 0 Å². The SMILES string of the molecule is CCn1nc(-c2ccc(C)nc2F)cc(C)c1=O. The van der Waals surface area contributed by atoms with Crippen molar-refractivity contribution in [3.8, 4) is 11.3 Å². The molecule has 0 saturated carbocycles. The molecule has 0 saturated heterocycles. The van der Waals surface area contributed by atoms with E-state index in [1.807, 2.05) is 6.92 Å². The van der Waals surface area contributed by atoms with Crippen molar-refractivity contribution >= 4 is 0 Å². The number of nitrogens with zero attached hydrogens (tertiary/aromatic N) is 3. The van der Waals surface area contributed by atoms with Crippen LogP contribution in [-0.4, -0.2) is 14.8 Å². The molecular formula is C13H14FN3O. The highest BCUT2D eigenvalue weighted by atomic mass is 19.1. The van der Waals surface area contributed by atoms with Gasteiger partial charge in [-0.05, 0) is 39.0 Å². The van der Waals surface area contributed by atoms with Crippen LogP contribution < -0.4 is 5.56 Å². The van der Waals surface area contributed by atoms with E-state index in [-0.39, 0.29) is 5.56 Å². The molecule has 0 aliphatic heterocycles. The van der Waals surface area contributed by atoms with Gasteiger partial charge >= 0.3 is 0 Å². The molecular weight excluding hydrogens is 233 g/mol. The highest BCUT2D eigenvalue weighted by Crippen LogP contribution is 2.19. The number of pyridine rings is 1. The maximum atomic E-state index is 13.8. The van der Waals surface area contributed by atoms with E-state index in [2.05, 4.69) is 10.1 Å². The monoisotopic (exact) mass is 247 g/mol. The molecule has 0 aliphatic rings. The van der Waals surface area contributed by atoms with E-state index in [4.69, 9.17) is 0 Å². The van der Waals surface area contributed by atoms with E-state index in [0.29, 0.717) is 29.1 Å². The number of rotatable bonds is 2. The Hall–Kier alpha value is -2.04. The van der Waals surface area contributed by atoms with Gasteiger partial charge in [-0.2, -0.15) is 9.49 Å². The van der Waals surface area contributed by atoms with Gasteiger partial charge in [-0.15, -0.1) is 0 Å². The molecule has 94 valence electrons. The van der Waals surface area contributed by atoms with Crippen LogP contribution in [-0.2, 0) is 6.54 Å². The summed E-state index contributed by atoms with van der Waals surface area (Å²) in [5.41, 5.74) is 1.74. The van der Waals surface area contributed by atoms with E-state index in [0.717, 1.165) is 0 Å². The Morgan fingerprint density at radius 2 is 2.06 bits per heavy atom. The highest BCUT2D eigenvalue weighted by Gasteiger charge is 2.11. The molecule has 0 N–H and O–H groups in total. The second kappa shape index (κ2) is 4.68. The van der Waals surface area contributed by atoms with Crippen molar-refractivity contribution < 1.29 is 4.39 Å². The van der Waals surface area contributed by atoms with Crippen molar-refractivity contribution in [3.05, 3.63) is 45.8 Å². The number of hydrogen-bond acceptors (Lipinski definition) is 3. The van der Waals surface area contributed by atoms with Crippen LogP contribution in [0.5, 0.6) is 0 Å². The van der Waals surface area contributed by atoms with Gasteiger partial charge in [-0.1, -0.05) is 0 Å². The summed E-state index contributed by atoms with van der Waals surface area (Å²) in [5, 5.41) is 4.14. The Kier molecular flexibility index (Phi) is 3.23. The molecule has 0 bridgehead atoms. The third-order valence-electron chi connectivity index (χ3n) is 2.72. The summed E-state index contributed by atoms with van der Waals surface area (Å²) >= 11 is 0. The van der Waals surface area contributed by atoms with Gasteiger partial charge in [0.25, 0.3) is 5.56 Å². The van der Waals surface area contributed by atoms with Crippen LogP contribution in [0, 0.1) is 19.8 Å². The van der Waals surface area contributed by atoms with Gasteiger partial charge in [0.15, 0.2) is 0 Å². The molecule has 2 aromatic rings. The largest absolute Gasteiger partial charge is 0.269 e. The molecule has 0 aromatic carbocycles. The minimum Gasteiger partial charge on any atom is -0.268 e. The van der Waals surface area contributed by atoms with E-state index >= 15 is 0 Å². The Morgan fingerprint density at radius 3 is 2.67 bits per heavy atom. The lowest BCUT2D eigenvalue weighted by Gasteiger charge is -2.07. The zero-order valence-corrected chi connectivity index (χ0v) is 10.6. The van der Waals surface area contributed by atoms with E-state index in [1.165, 1.54) is 4.68 Å². The van der Waals surface area contributed by atoms with Gasteiger partial charge in [0.2, 0.25) is 5.95 Å². The van der Waals surface area contributed by atoms with Crippen molar-refractivity contribution in [2.45, 2.75) is 27.3 Å². The van der Waals surface area contributed by atoms with Gasteiger partial charge in [-0.25, -0.2) is 9.67 Å². The zero-order valence-electron chi connectivity index (χ0n) is 10.6. The van der Waals surface area contributed by atoms with Crippen molar-refractivity contribution in [1.82, 2.24) is 14.8 Å². The van der Waals surface area contributed by atoms with Gasteiger partial charge in [-0.3, -0.25) is 4.79 Å². The van der Waals surface area contributed by atoms with Crippen LogP contribution in [0.1, 0.15) is 18.2 Å². The quantitative estimate of drug-likeness (QED) is 0.763. The van der Waals surface area contributed by atoms with Gasteiger partial charge in [0, 0.05) is 17.8 Å². The Labute approximate surface area is 104 Å². The molecule has 0 unspecified atom stereocenters. The lowest BCUT2D eigenvalue weighted by atomic mass is 10.1. The molecule has 18 heavy (non-hydrogen) atoms. The van der Waals surface area contributed by atoms with Crippen LogP contribution >= 0.6 is 0 Å². The summed E-state index contributed by atoms with van der Waals surface area (Å²) < 4.78 is 15.1. The molecule has 0 amide bonds. The second-order valence-electron chi connectivity index (χ2n) is 4.12. The first-order chi connectivity index (χ1) is 8.52. The summed E-state index contributed by atoms with van der Waals surface area (Å²) in [6, 6.07) is 4.94. The number of halogens is 1. The standard InChI is InChI=1S/C13H14FN3O/c1-4-17-13(18)8(2)7-11(16-17)10-6-5-9(3)15-12(10)14/h5-7H,4H2,1-3H3. The lowest BCUT2D eigenvalue weighted by molar-refractivity contribution is 0.577. The first-order valence-corrected chi connectivity index (χ1v) is 5.75. The normalized spacial score (nSPS) is 10.7. The van der Waals surface area contributed by atoms with Gasteiger partial charge in [0.1, 0.15) is 0 Å². The lowest BCUT2D eigenvalue weighted by Crippen LogP contribution is -2.24. The molecule has 4 nitrogen and oxygen atoms in total. The molecule has 0 radical (unpaired) electrons. The third-order valence-corrected chi connectivity index (χ3v) is 2.72. The average Bonchev–Trinajstić information content (AvgIpc) is 2.32. The summed E-state index contributed by atoms with van der Waals surface area (Å²) in [5.74, 6) is -0.566. The van der Waals surface area contributed by atoms with Crippen molar-refractivity contribution in [2.24, 2.45) is 0 Å². The fourth-order valence-corrected chi connectivity index (χ4v) is 1.74. The third kappa shape index (κ3) is 2.16. The van der Waals surface area contributed by atoms with Crippen LogP contribution in [0.4, 0.5) is 4.39 Å². The molecule has 0 spiro atoms. The van der Waals surface area contributed by atoms with Crippen LogP contribution in [0.25, 0.3) is 11.3 Å². The predicted octanol–water partition coefficient (Wildman–Crippen LogP) is 2.08. The Bertz CT molecular complexity index is 649. The number of aryl methyl sites for hydroxylation is 3. The summed E-state index contributed by atoms with van der Waals surface area (Å²) in [7, 11) is 0. The number of aromatic nitrogens is 3. The summed E-state index contributed by atoms with van der Waals surface area (Å²) in [4.78, 5) is 15.5. The Morgan fingerprint density at radius 1 is 1.33 bits per heavy atom. The molecule has 2 heterocycles. The van der Waals surface area contributed by atoms with Crippen LogP contribution in [0.15, 0.2) is 23.0 Å².